The maximum Gasteiger partial charge on any atom is 0.0506 e. The number of nitrogens with two attached hydrogens (primary N) is 1. The second-order valence-electron chi connectivity index (χ2n) is 7.18. The minimum absolute atomic E-state index is 0.239. The molecule has 3 aliphatic rings. The number of nitrogens with zero attached hydrogens (tertiary/aromatic N) is 2. The van der Waals surface area contributed by atoms with E-state index in [1.165, 1.54) is 51.6 Å². The summed E-state index contributed by atoms with van der Waals surface area (Å²) in [4.78, 5) is 5.27. The molecule has 0 bridgehead atoms. The van der Waals surface area contributed by atoms with Gasteiger partial charge in [-0.15, -0.1) is 0 Å². The topological polar surface area (TPSA) is 41.7 Å². The Morgan fingerprint density at radius 3 is 2.95 bits per heavy atom. The summed E-state index contributed by atoms with van der Waals surface area (Å²) in [6.45, 7) is 6.42. The Bertz CT molecular complexity index is 319. The van der Waals surface area contributed by atoms with Gasteiger partial charge < -0.3 is 15.4 Å². The third-order valence-electron chi connectivity index (χ3n) is 5.96. The second kappa shape index (κ2) is 6.30. The van der Waals surface area contributed by atoms with E-state index in [0.717, 1.165) is 32.3 Å². The Morgan fingerprint density at radius 2 is 2.20 bits per heavy atom. The van der Waals surface area contributed by atoms with Crippen LogP contribution in [0, 0.1) is 5.92 Å². The van der Waals surface area contributed by atoms with Gasteiger partial charge in [-0.2, -0.15) is 0 Å². The van der Waals surface area contributed by atoms with Crippen LogP contribution in [0.4, 0.5) is 0 Å². The van der Waals surface area contributed by atoms with Gasteiger partial charge in [0.1, 0.15) is 0 Å². The quantitative estimate of drug-likeness (QED) is 0.843. The van der Waals surface area contributed by atoms with Crippen molar-refractivity contribution in [3.8, 4) is 0 Å². The maximum atomic E-state index is 6.24. The van der Waals surface area contributed by atoms with Crippen molar-refractivity contribution in [1.29, 1.82) is 0 Å². The molecule has 0 aromatic heterocycles. The Morgan fingerprint density at radius 1 is 1.30 bits per heavy atom. The lowest BCUT2D eigenvalue weighted by Crippen LogP contribution is -2.60. The molecule has 0 aliphatic carbocycles. The largest absolute Gasteiger partial charge is 0.381 e. The van der Waals surface area contributed by atoms with Gasteiger partial charge in [0.2, 0.25) is 0 Å². The number of rotatable bonds is 4. The lowest BCUT2D eigenvalue weighted by molar-refractivity contribution is -0.00948. The molecular weight excluding hydrogens is 250 g/mol. The normalized spacial score (nSPS) is 39.1. The summed E-state index contributed by atoms with van der Waals surface area (Å²) >= 11 is 0. The average molecular weight is 281 g/mol. The average Bonchev–Trinajstić information content (AvgIpc) is 2.95. The van der Waals surface area contributed by atoms with E-state index < -0.39 is 0 Å². The molecule has 2 N–H and O–H groups in total. The van der Waals surface area contributed by atoms with Gasteiger partial charge in [0.25, 0.3) is 0 Å². The summed E-state index contributed by atoms with van der Waals surface area (Å²) in [5, 5.41) is 0. The van der Waals surface area contributed by atoms with Gasteiger partial charge in [0.15, 0.2) is 0 Å². The molecular formula is C16H31N3O. The van der Waals surface area contributed by atoms with Gasteiger partial charge in [0, 0.05) is 37.8 Å². The van der Waals surface area contributed by atoms with Crippen molar-refractivity contribution in [1.82, 2.24) is 9.80 Å². The first kappa shape index (κ1) is 14.8. The zero-order valence-electron chi connectivity index (χ0n) is 13.0. The van der Waals surface area contributed by atoms with Crippen molar-refractivity contribution >= 4 is 0 Å². The Hall–Kier alpha value is -0.160. The van der Waals surface area contributed by atoms with Crippen molar-refractivity contribution in [2.45, 2.75) is 50.1 Å². The summed E-state index contributed by atoms with van der Waals surface area (Å²) in [5.41, 5.74) is 6.47. The maximum absolute atomic E-state index is 6.24. The van der Waals surface area contributed by atoms with Gasteiger partial charge in [-0.25, -0.2) is 0 Å². The van der Waals surface area contributed by atoms with Crippen LogP contribution in [0.1, 0.15) is 38.5 Å². The predicted octanol–water partition coefficient (Wildman–Crippen LogP) is 1.30. The molecule has 0 amide bonds. The first-order valence-corrected chi connectivity index (χ1v) is 8.47. The monoisotopic (exact) mass is 281 g/mol. The zero-order valence-corrected chi connectivity index (χ0v) is 13.0. The molecule has 3 unspecified atom stereocenters. The molecule has 0 radical (unpaired) electrons. The number of hydrogen-bond acceptors (Lipinski definition) is 4. The highest BCUT2D eigenvalue weighted by Crippen LogP contribution is 2.36. The molecule has 4 nitrogen and oxygen atoms in total. The van der Waals surface area contributed by atoms with Crippen LogP contribution in [-0.2, 0) is 4.74 Å². The molecule has 3 aliphatic heterocycles. The van der Waals surface area contributed by atoms with Crippen molar-refractivity contribution < 1.29 is 4.74 Å². The molecule has 20 heavy (non-hydrogen) atoms. The SMILES string of the molecule is CN(CC1CCCOC1)C1(CN)CCN2CCCC2C1. The fourth-order valence-corrected chi connectivity index (χ4v) is 4.53. The molecule has 3 fully saturated rings. The summed E-state index contributed by atoms with van der Waals surface area (Å²) < 4.78 is 5.64. The van der Waals surface area contributed by atoms with Crippen molar-refractivity contribution in [2.75, 3.05) is 46.4 Å². The highest BCUT2D eigenvalue weighted by atomic mass is 16.5. The molecule has 3 heterocycles. The van der Waals surface area contributed by atoms with Crippen molar-refractivity contribution in [2.24, 2.45) is 11.7 Å². The molecule has 0 aromatic carbocycles. The smallest absolute Gasteiger partial charge is 0.0506 e. The van der Waals surface area contributed by atoms with Gasteiger partial charge in [-0.3, -0.25) is 4.90 Å². The molecule has 3 saturated heterocycles. The zero-order chi connectivity index (χ0) is 14.0. The van der Waals surface area contributed by atoms with Crippen LogP contribution in [0.2, 0.25) is 0 Å². The molecule has 3 rings (SSSR count). The van der Waals surface area contributed by atoms with E-state index in [-0.39, 0.29) is 5.54 Å². The van der Waals surface area contributed by atoms with Crippen molar-refractivity contribution in [3.05, 3.63) is 0 Å². The standard InChI is InChI=1S/C16H31N3O/c1-18(11-14-4-3-9-20-12-14)16(13-17)6-8-19-7-2-5-15(19)10-16/h14-15H,2-13,17H2,1H3. The fraction of sp³-hybridized carbons (Fsp3) is 1.00. The lowest BCUT2D eigenvalue weighted by Gasteiger charge is -2.50. The van der Waals surface area contributed by atoms with E-state index in [1.54, 1.807) is 0 Å². The minimum Gasteiger partial charge on any atom is -0.381 e. The number of fused-ring (bicyclic) bond motifs is 1. The van der Waals surface area contributed by atoms with Gasteiger partial charge in [-0.1, -0.05) is 0 Å². The summed E-state index contributed by atoms with van der Waals surface area (Å²) in [7, 11) is 2.30. The third-order valence-corrected chi connectivity index (χ3v) is 5.96. The van der Waals surface area contributed by atoms with Crippen LogP contribution >= 0.6 is 0 Å². The van der Waals surface area contributed by atoms with E-state index >= 15 is 0 Å². The summed E-state index contributed by atoms with van der Waals surface area (Å²) in [6.07, 6.45) is 7.82. The molecule has 3 atom stereocenters. The Labute approximate surface area is 123 Å². The van der Waals surface area contributed by atoms with E-state index in [9.17, 15) is 0 Å². The first-order chi connectivity index (χ1) is 9.73. The van der Waals surface area contributed by atoms with E-state index in [2.05, 4.69) is 16.8 Å². The first-order valence-electron chi connectivity index (χ1n) is 8.47. The number of likely N-dealkylation sites (N-methyl/N-ethyl adjacent to an activating group) is 1. The minimum atomic E-state index is 0.239. The highest BCUT2D eigenvalue weighted by Gasteiger charge is 2.43. The summed E-state index contributed by atoms with van der Waals surface area (Å²) in [5.74, 6) is 0.707. The number of piperidine rings is 1. The van der Waals surface area contributed by atoms with Gasteiger partial charge in [0.05, 0.1) is 6.61 Å². The Balaban J connectivity index is 1.62. The van der Waals surface area contributed by atoms with Crippen LogP contribution in [0.25, 0.3) is 0 Å². The third kappa shape index (κ3) is 2.89. The van der Waals surface area contributed by atoms with Crippen molar-refractivity contribution in [3.63, 3.8) is 0 Å². The summed E-state index contributed by atoms with van der Waals surface area (Å²) in [6, 6.07) is 0.789. The van der Waals surface area contributed by atoms with E-state index in [4.69, 9.17) is 10.5 Å². The molecule has 0 aromatic rings. The van der Waals surface area contributed by atoms with Gasteiger partial charge >= 0.3 is 0 Å². The lowest BCUT2D eigenvalue weighted by atomic mass is 9.81. The van der Waals surface area contributed by atoms with Gasteiger partial charge in [-0.05, 0) is 58.0 Å². The predicted molar refractivity (Wildman–Crippen MR) is 81.8 cm³/mol. The fourth-order valence-electron chi connectivity index (χ4n) is 4.53. The molecule has 116 valence electrons. The van der Waals surface area contributed by atoms with E-state index in [0.29, 0.717) is 5.92 Å². The number of hydrogen-bond donors (Lipinski definition) is 1. The second-order valence-corrected chi connectivity index (χ2v) is 7.18. The van der Waals surface area contributed by atoms with E-state index in [1.807, 2.05) is 0 Å². The van der Waals surface area contributed by atoms with Crippen LogP contribution in [0.5, 0.6) is 0 Å². The number of ether oxygens (including phenoxy) is 1. The molecule has 4 heteroatoms. The van der Waals surface area contributed by atoms with Crippen LogP contribution in [0.3, 0.4) is 0 Å². The van der Waals surface area contributed by atoms with Crippen LogP contribution < -0.4 is 5.73 Å². The van der Waals surface area contributed by atoms with Crippen LogP contribution in [0.15, 0.2) is 0 Å². The molecule has 0 spiro atoms. The highest BCUT2D eigenvalue weighted by molar-refractivity contribution is 5.01. The Kier molecular flexibility index (Phi) is 4.65. The van der Waals surface area contributed by atoms with Crippen LogP contribution in [-0.4, -0.2) is 67.8 Å². The molecule has 0 saturated carbocycles.